The molecule has 1 N–H and O–H groups in total. The number of benzene rings is 1. The van der Waals surface area contributed by atoms with Gasteiger partial charge in [0.05, 0.1) is 0 Å². The average Bonchev–Trinajstić information content (AvgIpc) is 2.23. The Kier molecular flexibility index (Phi) is 4.12. The molecular weight excluding hydrogens is 216 g/mol. The lowest BCUT2D eigenvalue weighted by Crippen LogP contribution is -2.23. The van der Waals surface area contributed by atoms with Crippen LogP contribution in [0.25, 0.3) is 10.4 Å². The van der Waals surface area contributed by atoms with Crippen LogP contribution in [0.2, 0.25) is 0 Å². The Bertz CT molecular complexity index is 466. The van der Waals surface area contributed by atoms with E-state index >= 15 is 0 Å². The molecule has 90 valence electrons. The number of carbonyl (C=O) groups excluding carboxylic acids is 1. The molecule has 0 bridgehead atoms. The van der Waals surface area contributed by atoms with Gasteiger partial charge >= 0.3 is 0 Å². The van der Waals surface area contributed by atoms with Crippen LogP contribution < -0.4 is 5.32 Å². The molecule has 0 saturated carbocycles. The van der Waals surface area contributed by atoms with Crippen LogP contribution in [0.4, 0.5) is 5.69 Å². The van der Waals surface area contributed by atoms with E-state index in [2.05, 4.69) is 15.3 Å². The lowest BCUT2D eigenvalue weighted by molar-refractivity contribution is -0.117. The third kappa shape index (κ3) is 3.23. The van der Waals surface area contributed by atoms with Crippen LogP contribution in [0.15, 0.2) is 17.2 Å². The molecule has 0 heterocycles. The molecule has 0 saturated heterocycles. The number of hydrogen-bond acceptors (Lipinski definition) is 2. The number of azide groups is 1. The lowest BCUT2D eigenvalue weighted by Gasteiger charge is -2.14. The van der Waals surface area contributed by atoms with Gasteiger partial charge in [0.25, 0.3) is 0 Å². The number of carbonyl (C=O) groups is 1. The highest BCUT2D eigenvalue weighted by atomic mass is 16.2. The molecule has 0 radical (unpaired) electrons. The molecular formula is C12H16N4O. The number of nitrogens with zero attached hydrogens (tertiary/aromatic N) is 3. The summed E-state index contributed by atoms with van der Waals surface area (Å²) in [4.78, 5) is 14.3. The summed E-state index contributed by atoms with van der Waals surface area (Å²) in [5.41, 5.74) is 12.2. The molecule has 0 aliphatic heterocycles. The van der Waals surface area contributed by atoms with Crippen LogP contribution in [0.1, 0.15) is 23.6 Å². The summed E-state index contributed by atoms with van der Waals surface area (Å²) in [6.07, 6.45) is 0. The van der Waals surface area contributed by atoms with E-state index in [1.807, 2.05) is 32.9 Å². The van der Waals surface area contributed by atoms with Crippen LogP contribution in [-0.2, 0) is 4.79 Å². The molecule has 5 heteroatoms. The number of rotatable bonds is 3. The largest absolute Gasteiger partial charge is 0.325 e. The SMILES string of the molecule is Cc1cc(C)c(NC(=O)C(C)N=[N+]=[N-])c(C)c1. The molecule has 1 rings (SSSR count). The minimum absolute atomic E-state index is 0.294. The van der Waals surface area contributed by atoms with Gasteiger partial charge in [-0.2, -0.15) is 0 Å². The van der Waals surface area contributed by atoms with Gasteiger partial charge in [-0.15, -0.1) is 0 Å². The third-order valence-electron chi connectivity index (χ3n) is 2.53. The van der Waals surface area contributed by atoms with Crippen LogP contribution in [-0.4, -0.2) is 11.9 Å². The third-order valence-corrected chi connectivity index (χ3v) is 2.53. The Hall–Kier alpha value is -2.00. The summed E-state index contributed by atoms with van der Waals surface area (Å²) in [6.45, 7) is 7.45. The smallest absolute Gasteiger partial charge is 0.233 e. The molecule has 0 spiro atoms. The Morgan fingerprint density at radius 2 is 1.88 bits per heavy atom. The molecule has 0 aliphatic carbocycles. The van der Waals surface area contributed by atoms with Crippen molar-refractivity contribution in [2.75, 3.05) is 5.32 Å². The van der Waals surface area contributed by atoms with Crippen molar-refractivity contribution in [1.29, 1.82) is 0 Å². The summed E-state index contributed by atoms with van der Waals surface area (Å²) in [7, 11) is 0. The first kappa shape index (κ1) is 13.1. The monoisotopic (exact) mass is 232 g/mol. The van der Waals surface area contributed by atoms with E-state index in [1.165, 1.54) is 0 Å². The number of hydrogen-bond donors (Lipinski definition) is 1. The van der Waals surface area contributed by atoms with E-state index in [0.717, 1.165) is 22.4 Å². The second-order valence-corrected chi connectivity index (χ2v) is 4.14. The maximum absolute atomic E-state index is 11.7. The topological polar surface area (TPSA) is 77.9 Å². The second kappa shape index (κ2) is 5.37. The fourth-order valence-electron chi connectivity index (χ4n) is 1.73. The van der Waals surface area contributed by atoms with Gasteiger partial charge in [-0.1, -0.05) is 22.8 Å². The van der Waals surface area contributed by atoms with Crippen molar-refractivity contribution in [2.24, 2.45) is 5.11 Å². The maximum atomic E-state index is 11.7. The molecule has 1 atom stereocenters. The molecule has 1 aromatic carbocycles. The van der Waals surface area contributed by atoms with E-state index in [4.69, 9.17) is 5.53 Å². The summed E-state index contributed by atoms with van der Waals surface area (Å²) >= 11 is 0. The first-order chi connectivity index (χ1) is 7.95. The minimum Gasteiger partial charge on any atom is -0.325 e. The van der Waals surface area contributed by atoms with Gasteiger partial charge in [-0.05, 0) is 44.4 Å². The van der Waals surface area contributed by atoms with Crippen LogP contribution in [0.3, 0.4) is 0 Å². The van der Waals surface area contributed by atoms with Gasteiger partial charge in [0.15, 0.2) is 0 Å². The molecule has 0 aromatic heterocycles. The van der Waals surface area contributed by atoms with Crippen molar-refractivity contribution >= 4 is 11.6 Å². The van der Waals surface area contributed by atoms with Crippen LogP contribution in [0, 0.1) is 20.8 Å². The van der Waals surface area contributed by atoms with Crippen molar-refractivity contribution in [3.8, 4) is 0 Å². The zero-order valence-corrected chi connectivity index (χ0v) is 10.5. The van der Waals surface area contributed by atoms with Crippen molar-refractivity contribution in [3.05, 3.63) is 39.3 Å². The van der Waals surface area contributed by atoms with Crippen LogP contribution in [0.5, 0.6) is 0 Å². The number of amides is 1. The normalized spacial score (nSPS) is 11.5. The predicted molar refractivity (Wildman–Crippen MR) is 67.9 cm³/mol. The van der Waals surface area contributed by atoms with E-state index in [9.17, 15) is 4.79 Å². The summed E-state index contributed by atoms with van der Waals surface area (Å²) in [6, 6.07) is 3.29. The number of nitrogens with one attached hydrogen (secondary N) is 1. The number of aryl methyl sites for hydroxylation is 3. The minimum atomic E-state index is -0.708. The highest BCUT2D eigenvalue weighted by molar-refractivity contribution is 5.96. The molecule has 5 nitrogen and oxygen atoms in total. The van der Waals surface area contributed by atoms with E-state index in [0.29, 0.717) is 0 Å². The van der Waals surface area contributed by atoms with Crippen LogP contribution >= 0.6 is 0 Å². The fourth-order valence-corrected chi connectivity index (χ4v) is 1.73. The van der Waals surface area contributed by atoms with Crippen molar-refractivity contribution in [1.82, 2.24) is 0 Å². The predicted octanol–water partition coefficient (Wildman–Crippen LogP) is 3.25. The van der Waals surface area contributed by atoms with E-state index in [1.54, 1.807) is 6.92 Å². The Labute approximate surface area is 100 Å². The van der Waals surface area contributed by atoms with Crippen molar-refractivity contribution in [3.63, 3.8) is 0 Å². The highest BCUT2D eigenvalue weighted by Crippen LogP contribution is 2.22. The molecule has 0 aliphatic rings. The van der Waals surface area contributed by atoms with E-state index < -0.39 is 6.04 Å². The van der Waals surface area contributed by atoms with E-state index in [-0.39, 0.29) is 5.91 Å². The summed E-state index contributed by atoms with van der Waals surface area (Å²) in [5, 5.41) is 6.15. The Morgan fingerprint density at radius 3 is 2.35 bits per heavy atom. The van der Waals surface area contributed by atoms with Gasteiger partial charge in [0, 0.05) is 10.6 Å². The van der Waals surface area contributed by atoms with Crippen molar-refractivity contribution in [2.45, 2.75) is 33.7 Å². The zero-order valence-electron chi connectivity index (χ0n) is 10.5. The van der Waals surface area contributed by atoms with Gasteiger partial charge in [0.1, 0.15) is 6.04 Å². The molecule has 17 heavy (non-hydrogen) atoms. The highest BCUT2D eigenvalue weighted by Gasteiger charge is 2.13. The van der Waals surface area contributed by atoms with Gasteiger partial charge < -0.3 is 5.32 Å². The average molecular weight is 232 g/mol. The first-order valence-electron chi connectivity index (χ1n) is 5.38. The van der Waals surface area contributed by atoms with Gasteiger partial charge in [0.2, 0.25) is 5.91 Å². The van der Waals surface area contributed by atoms with Crippen molar-refractivity contribution < 1.29 is 4.79 Å². The standard InChI is InChI=1S/C12H16N4O/c1-7-5-8(2)11(9(3)6-7)14-12(17)10(4)15-16-13/h5-6,10H,1-4H3,(H,14,17). The quantitative estimate of drug-likeness (QED) is 0.484. The van der Waals surface area contributed by atoms with Gasteiger partial charge in [-0.3, -0.25) is 4.79 Å². The summed E-state index contributed by atoms with van der Waals surface area (Å²) < 4.78 is 0. The zero-order chi connectivity index (χ0) is 13.0. The molecule has 1 aromatic rings. The molecule has 0 fully saturated rings. The fraction of sp³-hybridized carbons (Fsp3) is 0.417. The maximum Gasteiger partial charge on any atom is 0.233 e. The Morgan fingerprint density at radius 1 is 1.35 bits per heavy atom. The first-order valence-corrected chi connectivity index (χ1v) is 5.38. The molecule has 1 amide bonds. The Balaban J connectivity index is 2.96. The second-order valence-electron chi connectivity index (χ2n) is 4.14. The number of anilines is 1. The van der Waals surface area contributed by atoms with Gasteiger partial charge in [-0.25, -0.2) is 0 Å². The molecule has 1 unspecified atom stereocenters. The summed E-state index contributed by atoms with van der Waals surface area (Å²) in [5.74, 6) is -0.294. The lowest BCUT2D eigenvalue weighted by atomic mass is 10.0.